The number of nitrogens with zero attached hydrogens (tertiary/aromatic N) is 4. The average Bonchev–Trinajstić information content (AvgIpc) is 2.89. The molecule has 1 saturated heterocycles. The molecule has 1 aliphatic heterocycles. The minimum atomic E-state index is -3.56. The largest absolute Gasteiger partial charge is 0.494 e. The lowest BCUT2D eigenvalue weighted by atomic mass is 10.1. The molecule has 1 aromatic heterocycles. The van der Waals surface area contributed by atoms with Crippen LogP contribution in [0, 0.1) is 0 Å². The Hall–Kier alpha value is -3.37. The maximum absolute atomic E-state index is 13.0. The third kappa shape index (κ3) is 4.92. The van der Waals surface area contributed by atoms with Gasteiger partial charge in [0.05, 0.1) is 31.4 Å². The maximum Gasteiger partial charge on any atom is 0.243 e. The van der Waals surface area contributed by atoms with Gasteiger partial charge in [0.2, 0.25) is 10.0 Å². The first-order valence-corrected chi connectivity index (χ1v) is 12.4. The second kappa shape index (κ2) is 10.3. The van der Waals surface area contributed by atoms with Crippen molar-refractivity contribution in [3.63, 3.8) is 0 Å². The van der Waals surface area contributed by atoms with Crippen molar-refractivity contribution in [3.8, 4) is 28.5 Å². The first-order valence-electron chi connectivity index (χ1n) is 11.0. The van der Waals surface area contributed by atoms with Crippen molar-refractivity contribution in [1.82, 2.24) is 14.5 Å². The van der Waals surface area contributed by atoms with Crippen molar-refractivity contribution in [1.29, 1.82) is 0 Å². The van der Waals surface area contributed by atoms with E-state index in [2.05, 4.69) is 10.2 Å². The van der Waals surface area contributed by atoms with E-state index in [-0.39, 0.29) is 4.90 Å². The molecule has 0 bridgehead atoms. The Kier molecular flexibility index (Phi) is 7.18. The number of anilines is 1. The van der Waals surface area contributed by atoms with E-state index in [0.29, 0.717) is 61.5 Å². The molecule has 2 heterocycles. The van der Waals surface area contributed by atoms with Crippen LogP contribution in [0.5, 0.6) is 17.2 Å². The number of sulfonamides is 1. The third-order valence-corrected chi connectivity index (χ3v) is 7.58. The number of aromatic nitrogens is 2. The van der Waals surface area contributed by atoms with E-state index in [0.717, 1.165) is 5.56 Å². The van der Waals surface area contributed by atoms with Gasteiger partial charge >= 0.3 is 0 Å². The molecular weight excluding hydrogens is 456 g/mol. The predicted octanol–water partition coefficient (Wildman–Crippen LogP) is 3.07. The van der Waals surface area contributed by atoms with E-state index in [1.165, 1.54) is 4.31 Å². The normalized spacial score (nSPS) is 14.6. The molecule has 2 aromatic carbocycles. The van der Waals surface area contributed by atoms with Gasteiger partial charge in [0.25, 0.3) is 0 Å². The fourth-order valence-electron chi connectivity index (χ4n) is 3.82. The Morgan fingerprint density at radius 1 is 0.853 bits per heavy atom. The van der Waals surface area contributed by atoms with Gasteiger partial charge in [-0.15, -0.1) is 10.2 Å². The summed E-state index contributed by atoms with van der Waals surface area (Å²) in [5.41, 5.74) is 1.57. The second-order valence-electron chi connectivity index (χ2n) is 7.64. The molecule has 0 radical (unpaired) electrons. The van der Waals surface area contributed by atoms with Crippen LogP contribution in [0.25, 0.3) is 11.3 Å². The number of rotatable bonds is 8. The van der Waals surface area contributed by atoms with E-state index in [9.17, 15) is 8.42 Å². The van der Waals surface area contributed by atoms with E-state index in [4.69, 9.17) is 14.2 Å². The molecule has 34 heavy (non-hydrogen) atoms. The Morgan fingerprint density at radius 2 is 1.56 bits per heavy atom. The number of hydrogen-bond donors (Lipinski definition) is 0. The maximum atomic E-state index is 13.0. The Bertz CT molecular complexity index is 1210. The van der Waals surface area contributed by atoms with Gasteiger partial charge < -0.3 is 19.1 Å². The minimum absolute atomic E-state index is 0.267. The van der Waals surface area contributed by atoms with E-state index in [1.807, 2.05) is 42.2 Å². The fraction of sp³-hybridized carbons (Fsp3) is 0.333. The number of piperazine rings is 1. The molecule has 1 fully saturated rings. The van der Waals surface area contributed by atoms with Crippen molar-refractivity contribution < 1.29 is 22.6 Å². The summed E-state index contributed by atoms with van der Waals surface area (Å²) >= 11 is 0. The smallest absolute Gasteiger partial charge is 0.243 e. The molecule has 0 amide bonds. The standard InChI is InChI=1S/C24H28N4O5S/c1-4-33-19-6-8-20(9-7-19)34(29,30)28-15-13-27(14-16-28)24-12-10-21(25-26-24)18-5-11-22(31-2)23(17-18)32-3/h5-12,17H,4,13-16H2,1-3H3. The van der Waals surface area contributed by atoms with Crippen LogP contribution in [0.4, 0.5) is 5.82 Å². The lowest BCUT2D eigenvalue weighted by Gasteiger charge is -2.34. The molecular formula is C24H28N4O5S. The molecule has 4 rings (SSSR count). The van der Waals surface area contributed by atoms with Crippen LogP contribution in [0.3, 0.4) is 0 Å². The van der Waals surface area contributed by atoms with Crippen LogP contribution < -0.4 is 19.1 Å². The summed E-state index contributed by atoms with van der Waals surface area (Å²) in [6.45, 7) is 4.22. The molecule has 0 unspecified atom stereocenters. The summed E-state index contributed by atoms with van der Waals surface area (Å²) in [5, 5.41) is 8.73. The van der Waals surface area contributed by atoms with Gasteiger partial charge in [-0.05, 0) is 61.5 Å². The molecule has 180 valence electrons. The fourth-order valence-corrected chi connectivity index (χ4v) is 5.25. The van der Waals surface area contributed by atoms with Crippen molar-refractivity contribution in [3.05, 3.63) is 54.6 Å². The molecule has 1 aliphatic rings. The van der Waals surface area contributed by atoms with Crippen molar-refractivity contribution in [2.45, 2.75) is 11.8 Å². The lowest BCUT2D eigenvalue weighted by molar-refractivity contribution is 0.340. The van der Waals surface area contributed by atoms with Gasteiger partial charge in [0, 0.05) is 31.7 Å². The van der Waals surface area contributed by atoms with Crippen molar-refractivity contribution in [2.75, 3.05) is 51.9 Å². The van der Waals surface area contributed by atoms with E-state index < -0.39 is 10.0 Å². The molecule has 0 aliphatic carbocycles. The van der Waals surface area contributed by atoms with E-state index >= 15 is 0 Å². The average molecular weight is 485 g/mol. The van der Waals surface area contributed by atoms with Crippen molar-refractivity contribution in [2.24, 2.45) is 0 Å². The zero-order chi connectivity index (χ0) is 24.1. The molecule has 0 spiro atoms. The first-order chi connectivity index (χ1) is 16.5. The quantitative estimate of drug-likeness (QED) is 0.482. The van der Waals surface area contributed by atoms with Gasteiger partial charge in [0.1, 0.15) is 5.75 Å². The number of ether oxygens (including phenoxy) is 3. The van der Waals surface area contributed by atoms with E-state index in [1.54, 1.807) is 38.5 Å². The number of hydrogen-bond acceptors (Lipinski definition) is 8. The molecule has 0 N–H and O–H groups in total. The zero-order valence-corrected chi connectivity index (χ0v) is 20.3. The van der Waals surface area contributed by atoms with Crippen molar-refractivity contribution >= 4 is 15.8 Å². The molecule has 0 atom stereocenters. The highest BCUT2D eigenvalue weighted by molar-refractivity contribution is 7.89. The van der Waals surface area contributed by atoms with Crippen LogP contribution in [0.2, 0.25) is 0 Å². The molecule has 0 saturated carbocycles. The van der Waals surface area contributed by atoms with Crippen LogP contribution in [0.1, 0.15) is 6.92 Å². The summed E-state index contributed by atoms with van der Waals surface area (Å²) in [4.78, 5) is 2.30. The Labute approximate surface area is 199 Å². The van der Waals surface area contributed by atoms with Gasteiger partial charge in [-0.25, -0.2) is 8.42 Å². The summed E-state index contributed by atoms with van der Waals surface area (Å²) in [6.07, 6.45) is 0. The summed E-state index contributed by atoms with van der Waals surface area (Å²) in [6, 6.07) is 15.9. The van der Waals surface area contributed by atoms with Gasteiger partial charge in [-0.2, -0.15) is 4.31 Å². The first kappa shape index (κ1) is 23.8. The highest BCUT2D eigenvalue weighted by atomic mass is 32.2. The van der Waals surface area contributed by atoms with Crippen LogP contribution in [0.15, 0.2) is 59.5 Å². The predicted molar refractivity (Wildman–Crippen MR) is 129 cm³/mol. The molecule has 3 aromatic rings. The summed E-state index contributed by atoms with van der Waals surface area (Å²) in [7, 11) is -0.380. The zero-order valence-electron chi connectivity index (χ0n) is 19.5. The Balaban J connectivity index is 1.41. The number of methoxy groups -OCH3 is 2. The number of benzene rings is 2. The van der Waals surface area contributed by atoms with Gasteiger partial charge in [0.15, 0.2) is 17.3 Å². The van der Waals surface area contributed by atoms with Gasteiger partial charge in [-0.1, -0.05) is 0 Å². The second-order valence-corrected chi connectivity index (χ2v) is 9.58. The molecule has 10 heteroatoms. The summed E-state index contributed by atoms with van der Waals surface area (Å²) < 4.78 is 43.6. The molecule has 9 nitrogen and oxygen atoms in total. The topological polar surface area (TPSA) is 94.1 Å². The monoisotopic (exact) mass is 484 g/mol. The minimum Gasteiger partial charge on any atom is -0.494 e. The van der Waals surface area contributed by atoms with Crippen LogP contribution in [-0.2, 0) is 10.0 Å². The highest BCUT2D eigenvalue weighted by Gasteiger charge is 2.29. The SMILES string of the molecule is CCOc1ccc(S(=O)(=O)N2CCN(c3ccc(-c4ccc(OC)c(OC)c4)nn3)CC2)cc1. The lowest BCUT2D eigenvalue weighted by Crippen LogP contribution is -2.48. The van der Waals surface area contributed by atoms with Crippen LogP contribution >= 0.6 is 0 Å². The highest BCUT2D eigenvalue weighted by Crippen LogP contribution is 2.31. The van der Waals surface area contributed by atoms with Crippen LogP contribution in [-0.4, -0.2) is 69.9 Å². The van der Waals surface area contributed by atoms with Gasteiger partial charge in [-0.3, -0.25) is 0 Å². The summed E-state index contributed by atoms with van der Waals surface area (Å²) in [5.74, 6) is 2.63. The third-order valence-electron chi connectivity index (χ3n) is 5.66. The Morgan fingerprint density at radius 3 is 2.15 bits per heavy atom.